The van der Waals surface area contributed by atoms with Gasteiger partial charge < -0.3 is 19.7 Å². The first-order valence-corrected chi connectivity index (χ1v) is 9.98. The first kappa shape index (κ1) is 21.2. The van der Waals surface area contributed by atoms with Crippen molar-refractivity contribution in [3.05, 3.63) is 69.7 Å². The number of phenolic OH excluding ortho intramolecular Hbond substituents is 2. The van der Waals surface area contributed by atoms with Crippen molar-refractivity contribution in [1.82, 2.24) is 9.78 Å². The van der Waals surface area contributed by atoms with E-state index >= 15 is 0 Å². The number of furan rings is 1. The number of Topliss-reactive ketones (excluding diaryl/α,β-unsaturated/α-hetero) is 1. The Morgan fingerprint density at radius 2 is 1.66 bits per heavy atom. The number of nitrogens with zero attached hydrogens (tertiary/aromatic N) is 2. The molecule has 0 saturated heterocycles. The lowest BCUT2D eigenvalue weighted by Crippen LogP contribution is -2.07. The van der Waals surface area contributed by atoms with Crippen molar-refractivity contribution in [3.8, 4) is 17.2 Å². The number of carboxylic acid groups (broad SMARTS) is 1. The van der Waals surface area contributed by atoms with Crippen LogP contribution in [-0.4, -0.2) is 36.9 Å². The third-order valence-corrected chi connectivity index (χ3v) is 5.71. The van der Waals surface area contributed by atoms with Crippen LogP contribution in [0.5, 0.6) is 11.5 Å². The van der Waals surface area contributed by atoms with E-state index in [2.05, 4.69) is 5.10 Å². The lowest BCUT2D eigenvalue weighted by molar-refractivity contribution is 0.0694. The van der Waals surface area contributed by atoms with Crippen LogP contribution >= 0.6 is 0 Å². The van der Waals surface area contributed by atoms with Gasteiger partial charge in [-0.1, -0.05) is 18.2 Å². The second-order valence-electron chi connectivity index (χ2n) is 7.74. The molecule has 0 spiro atoms. The zero-order valence-corrected chi connectivity index (χ0v) is 18.1. The number of phenols is 2. The molecule has 0 aliphatic rings. The minimum Gasteiger partial charge on any atom is -0.507 e. The number of rotatable bonds is 5. The first-order valence-electron chi connectivity index (χ1n) is 9.98. The maximum absolute atomic E-state index is 12.2. The van der Waals surface area contributed by atoms with Gasteiger partial charge >= 0.3 is 5.97 Å². The Hall–Kier alpha value is -4.07. The van der Waals surface area contributed by atoms with Crippen LogP contribution in [0.3, 0.4) is 0 Å². The zero-order valence-electron chi connectivity index (χ0n) is 18.1. The molecule has 164 valence electrons. The van der Waals surface area contributed by atoms with Crippen LogP contribution in [0, 0.1) is 20.8 Å². The fraction of sp³-hybridized carbons (Fsp3) is 0.208. The number of ketones is 1. The summed E-state index contributed by atoms with van der Waals surface area (Å²) in [6, 6.07) is 9.13. The normalized spacial score (nSPS) is 11.2. The van der Waals surface area contributed by atoms with E-state index in [-0.39, 0.29) is 40.2 Å². The summed E-state index contributed by atoms with van der Waals surface area (Å²) >= 11 is 0. The van der Waals surface area contributed by atoms with Gasteiger partial charge in [0.05, 0.1) is 22.5 Å². The quantitative estimate of drug-likeness (QED) is 0.396. The van der Waals surface area contributed by atoms with E-state index in [1.54, 1.807) is 18.5 Å². The highest BCUT2D eigenvalue weighted by molar-refractivity contribution is 6.10. The van der Waals surface area contributed by atoms with E-state index in [1.165, 1.54) is 13.8 Å². The molecular formula is C24H22N2O6. The summed E-state index contributed by atoms with van der Waals surface area (Å²) in [5.74, 6) is -1.68. The number of carbonyl (C=O) groups excluding carboxylic acids is 1. The third kappa shape index (κ3) is 3.11. The van der Waals surface area contributed by atoms with Crippen molar-refractivity contribution in [1.29, 1.82) is 0 Å². The van der Waals surface area contributed by atoms with Gasteiger partial charge in [-0.2, -0.15) is 5.10 Å². The highest BCUT2D eigenvalue weighted by atomic mass is 16.4. The van der Waals surface area contributed by atoms with Crippen molar-refractivity contribution in [2.45, 2.75) is 34.1 Å². The Labute approximate surface area is 183 Å². The van der Waals surface area contributed by atoms with Crippen molar-refractivity contribution in [2.24, 2.45) is 0 Å². The van der Waals surface area contributed by atoms with Crippen molar-refractivity contribution < 1.29 is 29.3 Å². The fourth-order valence-electron chi connectivity index (χ4n) is 4.06. The lowest BCUT2D eigenvalue weighted by Gasteiger charge is -2.08. The molecule has 0 fully saturated rings. The van der Waals surface area contributed by atoms with Crippen LogP contribution < -0.4 is 0 Å². The minimum atomic E-state index is -1.12. The molecule has 0 bridgehead atoms. The minimum absolute atomic E-state index is 0.0177. The van der Waals surface area contributed by atoms with Gasteiger partial charge in [0.15, 0.2) is 11.4 Å². The SMILES string of the molecule is CC(=O)c1c(O)c(C)c(O)c2c(C)c(Cc3c(C(=O)O)c(C)nn3-c3ccccc3)oc12. The number of fused-ring (bicyclic) bond motifs is 1. The van der Waals surface area contributed by atoms with Gasteiger partial charge in [-0.25, -0.2) is 9.48 Å². The van der Waals surface area contributed by atoms with Gasteiger partial charge in [-0.05, 0) is 39.8 Å². The van der Waals surface area contributed by atoms with Crippen molar-refractivity contribution in [2.75, 3.05) is 0 Å². The Morgan fingerprint density at radius 1 is 1.00 bits per heavy atom. The Morgan fingerprint density at radius 3 is 2.25 bits per heavy atom. The van der Waals surface area contributed by atoms with E-state index in [1.807, 2.05) is 30.3 Å². The van der Waals surface area contributed by atoms with Crippen LogP contribution in [0.1, 0.15) is 55.9 Å². The number of hydrogen-bond acceptors (Lipinski definition) is 6. The van der Waals surface area contributed by atoms with Gasteiger partial charge in [0.25, 0.3) is 0 Å². The third-order valence-electron chi connectivity index (χ3n) is 5.71. The summed E-state index contributed by atoms with van der Waals surface area (Å²) in [7, 11) is 0. The number of aryl methyl sites for hydroxylation is 2. The molecule has 32 heavy (non-hydrogen) atoms. The van der Waals surface area contributed by atoms with Crippen LogP contribution in [0.15, 0.2) is 34.7 Å². The van der Waals surface area contributed by atoms with Crippen LogP contribution in [0.2, 0.25) is 0 Å². The molecule has 8 heteroatoms. The second-order valence-corrected chi connectivity index (χ2v) is 7.74. The number of carbonyl (C=O) groups is 2. The molecule has 0 atom stereocenters. The Balaban J connectivity index is 1.98. The predicted octanol–water partition coefficient (Wildman–Crippen LogP) is 4.45. The predicted molar refractivity (Wildman–Crippen MR) is 117 cm³/mol. The number of aromatic nitrogens is 2. The standard InChI is InChI=1S/C24H22N2O6/c1-11-17(32-23-18(11)21(28)12(2)22(29)20(23)14(4)27)10-16-19(24(30)31)13(3)25-26(16)15-8-6-5-7-9-15/h5-9,28-29H,10H2,1-4H3,(H,30,31). The molecule has 0 radical (unpaired) electrons. The molecule has 4 rings (SSSR count). The van der Waals surface area contributed by atoms with Gasteiger partial charge in [0.1, 0.15) is 28.4 Å². The fourth-order valence-corrected chi connectivity index (χ4v) is 4.06. The van der Waals surface area contributed by atoms with Gasteiger partial charge in [-0.15, -0.1) is 0 Å². The maximum Gasteiger partial charge on any atom is 0.339 e. The number of aromatic carboxylic acids is 1. The number of aromatic hydroxyl groups is 2. The summed E-state index contributed by atoms with van der Waals surface area (Å²) in [6.45, 7) is 6.16. The molecule has 2 aromatic carbocycles. The first-order chi connectivity index (χ1) is 15.1. The molecule has 0 saturated carbocycles. The van der Waals surface area contributed by atoms with Gasteiger partial charge in [0, 0.05) is 17.5 Å². The molecule has 4 aromatic rings. The summed E-state index contributed by atoms with van der Waals surface area (Å²) < 4.78 is 7.53. The second kappa shape index (κ2) is 7.56. The van der Waals surface area contributed by atoms with Crippen molar-refractivity contribution >= 4 is 22.7 Å². The number of benzene rings is 2. The average Bonchev–Trinajstić information content (AvgIpc) is 3.24. The van der Waals surface area contributed by atoms with Crippen LogP contribution in [0.4, 0.5) is 0 Å². The Bertz CT molecular complexity index is 1400. The average molecular weight is 434 g/mol. The monoisotopic (exact) mass is 434 g/mol. The van der Waals surface area contributed by atoms with Gasteiger partial charge in [-0.3, -0.25) is 4.79 Å². The lowest BCUT2D eigenvalue weighted by atomic mass is 9.99. The Kier molecular flexibility index (Phi) is 5.00. The van der Waals surface area contributed by atoms with Crippen LogP contribution in [-0.2, 0) is 6.42 Å². The maximum atomic E-state index is 12.2. The van der Waals surface area contributed by atoms with Crippen molar-refractivity contribution in [3.63, 3.8) is 0 Å². The molecule has 8 nitrogen and oxygen atoms in total. The summed E-state index contributed by atoms with van der Waals surface area (Å²) in [5.41, 5.74) is 2.28. The summed E-state index contributed by atoms with van der Waals surface area (Å²) in [4.78, 5) is 24.2. The van der Waals surface area contributed by atoms with Crippen LogP contribution in [0.25, 0.3) is 16.7 Å². The molecule has 0 aliphatic carbocycles. The molecule has 0 amide bonds. The number of carboxylic acids is 1. The largest absolute Gasteiger partial charge is 0.507 e. The summed E-state index contributed by atoms with van der Waals surface area (Å²) in [6.07, 6.45) is 0.0501. The molecule has 0 unspecified atom stereocenters. The van der Waals surface area contributed by atoms with E-state index in [0.717, 1.165) is 0 Å². The van der Waals surface area contributed by atoms with E-state index in [0.29, 0.717) is 33.8 Å². The molecule has 3 N–H and O–H groups in total. The number of hydrogen-bond donors (Lipinski definition) is 3. The van der Waals surface area contributed by atoms with E-state index in [4.69, 9.17) is 4.42 Å². The molecular weight excluding hydrogens is 412 g/mol. The highest BCUT2D eigenvalue weighted by Gasteiger charge is 2.28. The molecule has 2 aromatic heterocycles. The van der Waals surface area contributed by atoms with E-state index < -0.39 is 11.8 Å². The topological polar surface area (TPSA) is 126 Å². The molecule has 2 heterocycles. The highest BCUT2D eigenvalue weighted by Crippen LogP contribution is 2.43. The summed E-state index contributed by atoms with van der Waals surface area (Å²) in [5, 5.41) is 35.6. The van der Waals surface area contributed by atoms with Gasteiger partial charge in [0.2, 0.25) is 0 Å². The smallest absolute Gasteiger partial charge is 0.339 e. The number of para-hydroxylation sites is 1. The molecule has 0 aliphatic heterocycles. The van der Waals surface area contributed by atoms with E-state index in [9.17, 15) is 24.9 Å². The zero-order chi connectivity index (χ0) is 23.3.